The number of amides is 1. The van der Waals surface area contributed by atoms with E-state index in [2.05, 4.69) is 23.5 Å². The van der Waals surface area contributed by atoms with Crippen molar-refractivity contribution in [2.75, 3.05) is 6.26 Å². The van der Waals surface area contributed by atoms with E-state index in [1.807, 2.05) is 45.0 Å². The topological polar surface area (TPSA) is 110 Å². The van der Waals surface area contributed by atoms with Crippen molar-refractivity contribution in [1.29, 1.82) is 0 Å². The largest absolute Gasteiger partial charge is 0.350 e. The fourth-order valence-electron chi connectivity index (χ4n) is 5.97. The predicted molar refractivity (Wildman–Crippen MR) is 152 cm³/mol. The van der Waals surface area contributed by atoms with Gasteiger partial charge in [0.25, 0.3) is 0 Å². The van der Waals surface area contributed by atoms with E-state index in [1.165, 1.54) is 0 Å². The number of ether oxygens (including phenoxy) is 1. The molecule has 2 unspecified atom stereocenters. The molecule has 1 aliphatic heterocycles. The number of epoxide rings is 1. The fourth-order valence-corrected chi connectivity index (χ4v) is 6.98. The van der Waals surface area contributed by atoms with Crippen LogP contribution in [0.2, 0.25) is 0 Å². The maximum Gasteiger partial charge on any atom is 0.223 e. The van der Waals surface area contributed by atoms with Crippen molar-refractivity contribution >= 4 is 38.1 Å². The molecule has 2 aliphatic rings. The lowest BCUT2D eigenvalue weighted by Gasteiger charge is -2.25. The van der Waals surface area contributed by atoms with Crippen LogP contribution < -0.4 is 5.32 Å². The number of fused-ring (bicyclic) bond motifs is 1. The van der Waals surface area contributed by atoms with Crippen LogP contribution in [0.5, 0.6) is 0 Å². The van der Waals surface area contributed by atoms with Crippen molar-refractivity contribution in [2.24, 2.45) is 23.7 Å². The van der Waals surface area contributed by atoms with Gasteiger partial charge in [-0.2, -0.15) is 0 Å². The van der Waals surface area contributed by atoms with Crippen LogP contribution in [0.15, 0.2) is 42.5 Å². The van der Waals surface area contributed by atoms with Gasteiger partial charge in [-0.25, -0.2) is 8.42 Å². The van der Waals surface area contributed by atoms with Gasteiger partial charge in [0.2, 0.25) is 5.91 Å². The highest BCUT2D eigenvalue weighted by atomic mass is 32.2. The van der Waals surface area contributed by atoms with Crippen molar-refractivity contribution in [3.05, 3.63) is 48.0 Å². The second-order valence-electron chi connectivity index (χ2n) is 11.9. The Hall–Kier alpha value is -2.58. The molecule has 7 nitrogen and oxygen atoms in total. The second kappa shape index (κ2) is 12.3. The quantitative estimate of drug-likeness (QED) is 0.360. The summed E-state index contributed by atoms with van der Waals surface area (Å²) in [6.45, 7) is 5.95. The highest BCUT2D eigenvalue weighted by molar-refractivity contribution is 7.91. The lowest BCUT2D eigenvalue weighted by molar-refractivity contribution is -0.132. The van der Waals surface area contributed by atoms with E-state index in [0.717, 1.165) is 35.4 Å². The van der Waals surface area contributed by atoms with E-state index in [9.17, 15) is 22.8 Å². The SMILES string of the molecule is CC(C)C[C@H](CC(=O)[C@@H](C)Cc1cccc2ccccc12)C(=O)N[C@@H](C[C@@H]1CCCC1=O)C1OC1S(C)(=O)=O. The molecule has 1 saturated heterocycles. The first kappa shape index (κ1) is 29.4. The van der Waals surface area contributed by atoms with Crippen LogP contribution in [-0.2, 0) is 35.4 Å². The zero-order chi connectivity index (χ0) is 28.3. The van der Waals surface area contributed by atoms with Gasteiger partial charge in [-0.05, 0) is 54.4 Å². The molecule has 39 heavy (non-hydrogen) atoms. The Morgan fingerprint density at radius 3 is 2.44 bits per heavy atom. The van der Waals surface area contributed by atoms with E-state index in [0.29, 0.717) is 25.7 Å². The zero-order valence-corrected chi connectivity index (χ0v) is 24.2. The molecule has 1 amide bonds. The second-order valence-corrected chi connectivity index (χ2v) is 14.1. The van der Waals surface area contributed by atoms with E-state index < -0.39 is 33.3 Å². The van der Waals surface area contributed by atoms with E-state index in [4.69, 9.17) is 4.74 Å². The van der Waals surface area contributed by atoms with Crippen molar-refractivity contribution in [3.63, 3.8) is 0 Å². The summed E-state index contributed by atoms with van der Waals surface area (Å²) >= 11 is 0. The first-order valence-electron chi connectivity index (χ1n) is 14.1. The van der Waals surface area contributed by atoms with Gasteiger partial charge in [-0.1, -0.05) is 63.2 Å². The summed E-state index contributed by atoms with van der Waals surface area (Å²) in [5.74, 6) is -0.892. The number of carbonyl (C=O) groups is 3. The first-order valence-corrected chi connectivity index (χ1v) is 16.1. The number of rotatable bonds is 13. The van der Waals surface area contributed by atoms with E-state index >= 15 is 0 Å². The third-order valence-corrected chi connectivity index (χ3v) is 9.35. The molecular weight excluding hydrogens is 514 g/mol. The van der Waals surface area contributed by atoms with Gasteiger partial charge >= 0.3 is 0 Å². The molecule has 1 aliphatic carbocycles. The van der Waals surface area contributed by atoms with Crippen LogP contribution in [0.25, 0.3) is 10.8 Å². The molecule has 6 atom stereocenters. The standard InChI is InChI=1S/C31H41NO6S/c1-19(2)15-24(18-28(34)20(3)16-22-11-7-10-21-9-5-6-13-25(21)22)30(35)32-26(17-23-12-8-14-27(23)33)29-31(38-29)39(4,36)37/h5-7,9-11,13,19-20,23-24,26,29,31H,8,12,14-18H2,1-4H3,(H,32,35)/t20-,23-,24+,26-,29?,31?/m0/s1. The molecule has 0 radical (unpaired) electrons. The molecule has 1 saturated carbocycles. The lowest BCUT2D eigenvalue weighted by Crippen LogP contribution is -2.45. The summed E-state index contributed by atoms with van der Waals surface area (Å²) in [5, 5.41) is 5.28. The Labute approximate surface area is 232 Å². The minimum atomic E-state index is -3.43. The third-order valence-electron chi connectivity index (χ3n) is 8.13. The molecule has 0 spiro atoms. The van der Waals surface area contributed by atoms with Gasteiger partial charge < -0.3 is 10.1 Å². The molecule has 0 bridgehead atoms. The molecule has 4 rings (SSSR count). The number of benzene rings is 2. The highest BCUT2D eigenvalue weighted by Crippen LogP contribution is 2.36. The summed E-state index contributed by atoms with van der Waals surface area (Å²) in [6.07, 6.45) is 4.13. The molecule has 8 heteroatoms. The molecule has 1 heterocycles. The van der Waals surface area contributed by atoms with Crippen LogP contribution in [0.1, 0.15) is 64.9 Å². The van der Waals surface area contributed by atoms with Crippen molar-refractivity contribution in [3.8, 4) is 0 Å². The number of Topliss-reactive ketones (excluding diaryl/α,β-unsaturated/α-hetero) is 2. The van der Waals surface area contributed by atoms with Crippen LogP contribution in [0.3, 0.4) is 0 Å². The van der Waals surface area contributed by atoms with E-state index in [1.54, 1.807) is 0 Å². The highest BCUT2D eigenvalue weighted by Gasteiger charge is 2.53. The summed E-state index contributed by atoms with van der Waals surface area (Å²) in [4.78, 5) is 39.3. The van der Waals surface area contributed by atoms with Crippen LogP contribution in [0, 0.1) is 23.7 Å². The molecule has 2 fully saturated rings. The summed E-state index contributed by atoms with van der Waals surface area (Å²) in [7, 11) is -3.43. The Kier molecular flexibility index (Phi) is 9.27. The number of ketones is 2. The minimum Gasteiger partial charge on any atom is -0.350 e. The normalized spacial score (nSPS) is 23.5. The van der Waals surface area contributed by atoms with Gasteiger partial charge in [0.1, 0.15) is 17.7 Å². The first-order chi connectivity index (χ1) is 18.4. The summed E-state index contributed by atoms with van der Waals surface area (Å²) < 4.78 is 29.6. The Morgan fingerprint density at radius 1 is 1.08 bits per heavy atom. The zero-order valence-electron chi connectivity index (χ0n) is 23.4. The molecule has 2 aromatic carbocycles. The smallest absolute Gasteiger partial charge is 0.223 e. The third kappa shape index (κ3) is 7.54. The number of carbonyl (C=O) groups excluding carboxylic acids is 3. The Balaban J connectivity index is 1.45. The number of hydrogen-bond acceptors (Lipinski definition) is 6. The molecule has 2 aromatic rings. The molecule has 1 N–H and O–H groups in total. The van der Waals surface area contributed by atoms with Crippen molar-refractivity contribution in [2.45, 2.75) is 83.3 Å². The Bertz CT molecular complexity index is 1310. The van der Waals surface area contributed by atoms with Gasteiger partial charge in [0.05, 0.1) is 6.04 Å². The average Bonchev–Trinajstić information content (AvgIpc) is 3.60. The molecular formula is C31H41NO6S. The number of hydrogen-bond donors (Lipinski definition) is 1. The molecule has 212 valence electrons. The molecule has 0 aromatic heterocycles. The van der Waals surface area contributed by atoms with Crippen LogP contribution in [0.4, 0.5) is 0 Å². The lowest BCUT2D eigenvalue weighted by atomic mass is 9.85. The van der Waals surface area contributed by atoms with Gasteiger partial charge in [0, 0.05) is 36.9 Å². The monoisotopic (exact) mass is 555 g/mol. The van der Waals surface area contributed by atoms with Crippen LogP contribution >= 0.6 is 0 Å². The fraction of sp³-hybridized carbons (Fsp3) is 0.581. The van der Waals surface area contributed by atoms with Gasteiger partial charge in [-0.3, -0.25) is 14.4 Å². The summed E-state index contributed by atoms with van der Waals surface area (Å²) in [6, 6.07) is 13.6. The van der Waals surface area contributed by atoms with Crippen LogP contribution in [-0.4, -0.2) is 49.7 Å². The van der Waals surface area contributed by atoms with Crippen molar-refractivity contribution in [1.82, 2.24) is 5.32 Å². The summed E-state index contributed by atoms with van der Waals surface area (Å²) in [5.41, 5.74) is 0.142. The predicted octanol–water partition coefficient (Wildman–Crippen LogP) is 4.65. The maximum atomic E-state index is 13.6. The minimum absolute atomic E-state index is 0.0305. The Morgan fingerprint density at radius 2 is 1.79 bits per heavy atom. The van der Waals surface area contributed by atoms with Gasteiger partial charge in [0.15, 0.2) is 15.3 Å². The van der Waals surface area contributed by atoms with Crippen molar-refractivity contribution < 1.29 is 27.5 Å². The number of sulfone groups is 1. The van der Waals surface area contributed by atoms with Gasteiger partial charge in [-0.15, -0.1) is 0 Å². The van der Waals surface area contributed by atoms with E-state index in [-0.39, 0.29) is 41.6 Å². The maximum absolute atomic E-state index is 13.6. The number of nitrogens with one attached hydrogen (secondary N) is 1. The average molecular weight is 556 g/mol.